The Morgan fingerprint density at radius 3 is 2.61 bits per heavy atom. The highest BCUT2D eigenvalue weighted by molar-refractivity contribution is 6.31. The topological polar surface area (TPSA) is 74.6 Å². The second kappa shape index (κ2) is 11.5. The third-order valence-corrected chi connectivity index (χ3v) is 5.81. The molecule has 33 heavy (non-hydrogen) atoms. The van der Waals surface area contributed by atoms with E-state index in [1.54, 1.807) is 6.08 Å². The van der Waals surface area contributed by atoms with Crippen molar-refractivity contribution in [2.75, 3.05) is 18.0 Å². The lowest BCUT2D eigenvalue weighted by Crippen LogP contribution is -2.40. The minimum absolute atomic E-state index is 0.208. The number of pyridine rings is 1. The first-order valence-electron chi connectivity index (χ1n) is 11.6. The Morgan fingerprint density at radius 2 is 1.88 bits per heavy atom. The van der Waals surface area contributed by atoms with Crippen molar-refractivity contribution in [1.82, 2.24) is 0 Å². The Balaban J connectivity index is 1.80. The van der Waals surface area contributed by atoms with Crippen molar-refractivity contribution in [3.63, 3.8) is 0 Å². The van der Waals surface area contributed by atoms with Crippen LogP contribution in [0.3, 0.4) is 0 Å². The van der Waals surface area contributed by atoms with E-state index < -0.39 is 5.97 Å². The van der Waals surface area contributed by atoms with Gasteiger partial charge >= 0.3 is 11.6 Å². The average molecular weight is 447 g/mol. The van der Waals surface area contributed by atoms with E-state index in [1.807, 2.05) is 44.3 Å². The third kappa shape index (κ3) is 6.57. The van der Waals surface area contributed by atoms with Crippen LogP contribution in [0.1, 0.15) is 50.8 Å². The summed E-state index contributed by atoms with van der Waals surface area (Å²) in [5.74, 6) is -0.750. The van der Waals surface area contributed by atoms with E-state index in [1.165, 1.54) is 0 Å². The fourth-order valence-corrected chi connectivity index (χ4v) is 3.95. The molecule has 0 radical (unpaired) electrons. The van der Waals surface area contributed by atoms with E-state index in [2.05, 4.69) is 35.6 Å². The lowest BCUT2D eigenvalue weighted by Gasteiger charge is -2.20. The van der Waals surface area contributed by atoms with Crippen molar-refractivity contribution in [1.29, 1.82) is 0 Å². The number of unbranched alkanes of at least 4 members (excludes halogenated alkanes) is 2. The molecule has 3 rings (SSSR count). The van der Waals surface area contributed by atoms with Gasteiger partial charge in [0.2, 0.25) is 5.69 Å². The number of benzene rings is 1. The molecule has 0 saturated carbocycles. The van der Waals surface area contributed by atoms with Crippen LogP contribution in [0.4, 0.5) is 5.69 Å². The van der Waals surface area contributed by atoms with Gasteiger partial charge in [0.25, 0.3) is 0 Å². The van der Waals surface area contributed by atoms with Gasteiger partial charge in [-0.1, -0.05) is 6.07 Å². The number of fused-ring (bicyclic) bond motifs is 1. The first-order valence-corrected chi connectivity index (χ1v) is 11.6. The minimum Gasteiger partial charge on any atom is -0.481 e. The van der Waals surface area contributed by atoms with E-state index in [0.29, 0.717) is 17.6 Å². The molecule has 0 unspecified atom stereocenters. The molecule has 0 bridgehead atoms. The van der Waals surface area contributed by atoms with Gasteiger partial charge in [-0.05, 0) is 56.4 Å². The van der Waals surface area contributed by atoms with Crippen LogP contribution in [0.5, 0.6) is 0 Å². The summed E-state index contributed by atoms with van der Waals surface area (Å²) in [4.78, 5) is 25.5. The van der Waals surface area contributed by atoms with Crippen molar-refractivity contribution < 1.29 is 18.9 Å². The number of carbonyl (C=O) groups is 1. The van der Waals surface area contributed by atoms with Crippen LogP contribution in [0, 0.1) is 0 Å². The standard InChI is InChI=1S/C26H31BN2O4/c1-3-28(4-2)23-13-9-19-16-20(26(32)33-24(19)17-23)10-12-22-14-11-21(27)18-29(22)15-7-5-6-8-25(30)31/h9-14,16-18H,3-8,15,27H2,1-2H3/p+1. The Labute approximate surface area is 195 Å². The molecule has 172 valence electrons. The van der Waals surface area contributed by atoms with Gasteiger partial charge in [0.15, 0.2) is 6.20 Å². The van der Waals surface area contributed by atoms with Crippen molar-refractivity contribution >= 4 is 48.1 Å². The summed E-state index contributed by atoms with van der Waals surface area (Å²) in [7, 11) is 2.04. The van der Waals surface area contributed by atoms with Crippen LogP contribution < -0.4 is 20.6 Å². The zero-order valence-corrected chi connectivity index (χ0v) is 19.7. The smallest absolute Gasteiger partial charge is 0.343 e. The molecule has 1 aromatic carbocycles. The maximum atomic E-state index is 12.6. The number of hydrogen-bond acceptors (Lipinski definition) is 4. The summed E-state index contributed by atoms with van der Waals surface area (Å²) < 4.78 is 7.78. The second-order valence-corrected chi connectivity index (χ2v) is 8.25. The number of carboxylic acids is 1. The molecule has 0 spiro atoms. The molecule has 0 aliphatic rings. The van der Waals surface area contributed by atoms with Crippen molar-refractivity contribution in [2.24, 2.45) is 0 Å². The first-order chi connectivity index (χ1) is 15.9. The molecule has 2 aromatic heterocycles. The summed E-state index contributed by atoms with van der Waals surface area (Å²) in [5, 5.41) is 9.68. The van der Waals surface area contributed by atoms with Crippen LogP contribution in [-0.4, -0.2) is 32.0 Å². The molecule has 0 amide bonds. The third-order valence-electron chi connectivity index (χ3n) is 5.81. The largest absolute Gasteiger partial charge is 0.481 e. The Hall–Kier alpha value is -3.35. The maximum absolute atomic E-state index is 12.6. The molecule has 0 saturated heterocycles. The zero-order chi connectivity index (χ0) is 23.8. The molecular weight excluding hydrogens is 415 g/mol. The van der Waals surface area contributed by atoms with Crippen molar-refractivity contribution in [3.05, 3.63) is 64.3 Å². The van der Waals surface area contributed by atoms with Gasteiger partial charge in [-0.25, -0.2) is 4.79 Å². The van der Waals surface area contributed by atoms with E-state index in [4.69, 9.17) is 9.52 Å². The molecule has 0 aliphatic heterocycles. The number of carboxylic acid groups (broad SMARTS) is 1. The zero-order valence-electron chi connectivity index (χ0n) is 19.7. The molecule has 7 heteroatoms. The van der Waals surface area contributed by atoms with Crippen molar-refractivity contribution in [3.8, 4) is 0 Å². The maximum Gasteiger partial charge on any atom is 0.343 e. The monoisotopic (exact) mass is 447 g/mol. The highest BCUT2D eigenvalue weighted by Crippen LogP contribution is 2.22. The van der Waals surface area contributed by atoms with E-state index in [-0.39, 0.29) is 12.0 Å². The lowest BCUT2D eigenvalue weighted by atomic mass is 9.98. The lowest BCUT2D eigenvalue weighted by molar-refractivity contribution is -0.698. The summed E-state index contributed by atoms with van der Waals surface area (Å²) in [6.45, 7) is 6.78. The van der Waals surface area contributed by atoms with Crippen LogP contribution >= 0.6 is 0 Å². The Bertz CT molecular complexity index is 1200. The van der Waals surface area contributed by atoms with Gasteiger partial charge in [0, 0.05) is 55.2 Å². The Kier molecular flexibility index (Phi) is 8.47. The molecule has 2 heterocycles. The summed E-state index contributed by atoms with van der Waals surface area (Å²) >= 11 is 0. The predicted octanol–water partition coefficient (Wildman–Crippen LogP) is 3.00. The first kappa shape index (κ1) is 24.3. The van der Waals surface area contributed by atoms with Crippen LogP contribution in [0.15, 0.2) is 51.8 Å². The second-order valence-electron chi connectivity index (χ2n) is 8.25. The van der Waals surface area contributed by atoms with Gasteiger partial charge in [-0.3, -0.25) is 4.79 Å². The number of anilines is 1. The van der Waals surface area contributed by atoms with Gasteiger partial charge in [-0.15, -0.1) is 0 Å². The van der Waals surface area contributed by atoms with Crippen LogP contribution in [-0.2, 0) is 11.3 Å². The van der Waals surface area contributed by atoms with E-state index in [9.17, 15) is 9.59 Å². The summed E-state index contributed by atoms with van der Waals surface area (Å²) in [6.07, 6.45) is 8.46. The fourth-order valence-electron chi connectivity index (χ4n) is 3.95. The molecule has 3 aromatic rings. The number of rotatable bonds is 11. The molecular formula is C26H32BN2O4+. The van der Waals surface area contributed by atoms with Gasteiger partial charge in [0.1, 0.15) is 20.0 Å². The number of aromatic nitrogens is 1. The van der Waals surface area contributed by atoms with Gasteiger partial charge in [0.05, 0.1) is 5.56 Å². The van der Waals surface area contributed by atoms with Crippen LogP contribution in [0.2, 0.25) is 0 Å². The quantitative estimate of drug-likeness (QED) is 0.212. The molecule has 6 nitrogen and oxygen atoms in total. The fraction of sp³-hybridized carbons (Fsp3) is 0.346. The number of nitrogens with zero attached hydrogens (tertiary/aromatic N) is 2. The molecule has 0 fully saturated rings. The number of aryl methyl sites for hydroxylation is 1. The summed E-state index contributed by atoms with van der Waals surface area (Å²) in [5.41, 5.74) is 3.91. The number of hydrogen-bond donors (Lipinski definition) is 1. The summed E-state index contributed by atoms with van der Waals surface area (Å²) in [6, 6.07) is 11.9. The van der Waals surface area contributed by atoms with E-state index >= 15 is 0 Å². The Morgan fingerprint density at radius 1 is 1.09 bits per heavy atom. The van der Waals surface area contributed by atoms with Crippen LogP contribution in [0.25, 0.3) is 23.1 Å². The SMILES string of the molecule is Bc1ccc(/C=C/c2cc3ccc(N(CC)CC)cc3oc2=O)[n+](CCCCCC(=O)O)c1. The highest BCUT2D eigenvalue weighted by Gasteiger charge is 2.10. The normalized spacial score (nSPS) is 11.3. The van der Waals surface area contributed by atoms with E-state index in [0.717, 1.165) is 54.7 Å². The van der Waals surface area contributed by atoms with Gasteiger partial charge in [-0.2, -0.15) is 4.57 Å². The molecule has 1 N–H and O–H groups in total. The minimum atomic E-state index is -0.750. The molecule has 0 atom stereocenters. The highest BCUT2D eigenvalue weighted by atomic mass is 16.4. The van der Waals surface area contributed by atoms with Gasteiger partial charge < -0.3 is 14.4 Å². The average Bonchev–Trinajstić information content (AvgIpc) is 2.79. The van der Waals surface area contributed by atoms with Crippen molar-refractivity contribution in [2.45, 2.75) is 46.1 Å². The molecule has 0 aliphatic carbocycles. The number of aliphatic carboxylic acids is 1. The predicted molar refractivity (Wildman–Crippen MR) is 136 cm³/mol.